The van der Waals surface area contributed by atoms with Crippen LogP contribution in [0.2, 0.25) is 0 Å². The van der Waals surface area contributed by atoms with Crippen LogP contribution in [0.1, 0.15) is 33.6 Å². The van der Waals surface area contributed by atoms with Gasteiger partial charge in [-0.3, -0.25) is 13.9 Å². The Morgan fingerprint density at radius 3 is 2.55 bits per heavy atom. The summed E-state index contributed by atoms with van der Waals surface area (Å²) in [5, 5.41) is 2.67. The topological polar surface area (TPSA) is 96.7 Å². The molecular weight excluding hydrogens is 430 g/mol. The SMILES string of the molecule is CNC(=O)c1c(-c2ccc(F)cc2F)oc2cc3c(cc12)C(=O)CCCN3S(C)(=O)=O. The Morgan fingerprint density at radius 2 is 1.90 bits per heavy atom. The number of carbonyl (C=O) groups excluding carboxylic acids is 2. The van der Waals surface area contributed by atoms with Crippen molar-refractivity contribution >= 4 is 38.4 Å². The van der Waals surface area contributed by atoms with Gasteiger partial charge in [-0.25, -0.2) is 17.2 Å². The normalized spacial score (nSPS) is 14.5. The number of nitrogens with zero attached hydrogens (tertiary/aromatic N) is 1. The minimum absolute atomic E-state index is 0.0336. The predicted octanol–water partition coefficient (Wildman–Crippen LogP) is 3.48. The van der Waals surface area contributed by atoms with Crippen LogP contribution in [0.15, 0.2) is 34.7 Å². The third-order valence-electron chi connectivity index (χ3n) is 5.17. The van der Waals surface area contributed by atoms with Gasteiger partial charge in [0.2, 0.25) is 10.0 Å². The Bertz CT molecular complexity index is 1350. The molecule has 2 heterocycles. The number of nitrogens with one attached hydrogen (secondary N) is 1. The Balaban J connectivity index is 2.07. The number of fused-ring (bicyclic) bond motifs is 2. The van der Waals surface area contributed by atoms with Crippen molar-refractivity contribution in [3.63, 3.8) is 0 Å². The molecule has 1 aromatic heterocycles. The van der Waals surface area contributed by atoms with Gasteiger partial charge in [0.15, 0.2) is 11.5 Å². The highest BCUT2D eigenvalue weighted by Crippen LogP contribution is 2.40. The second kappa shape index (κ2) is 7.45. The van der Waals surface area contributed by atoms with Gasteiger partial charge in [-0.1, -0.05) is 0 Å². The largest absolute Gasteiger partial charge is 0.455 e. The zero-order valence-electron chi connectivity index (χ0n) is 16.7. The van der Waals surface area contributed by atoms with Crippen molar-refractivity contribution in [1.29, 1.82) is 0 Å². The quantitative estimate of drug-likeness (QED) is 0.662. The number of furan rings is 1. The summed E-state index contributed by atoms with van der Waals surface area (Å²) in [6.07, 6.45) is 1.52. The molecule has 1 aliphatic heterocycles. The number of carbonyl (C=O) groups is 2. The summed E-state index contributed by atoms with van der Waals surface area (Å²) < 4.78 is 59.4. The lowest BCUT2D eigenvalue weighted by atomic mass is 10.00. The zero-order valence-corrected chi connectivity index (χ0v) is 17.5. The molecule has 0 radical (unpaired) electrons. The van der Waals surface area contributed by atoms with E-state index in [9.17, 15) is 26.8 Å². The van der Waals surface area contributed by atoms with E-state index in [0.717, 1.165) is 22.7 Å². The number of ketones is 1. The van der Waals surface area contributed by atoms with Crippen LogP contribution in [-0.2, 0) is 10.0 Å². The number of amides is 1. The first-order chi connectivity index (χ1) is 14.6. The Hall–Kier alpha value is -3.27. The smallest absolute Gasteiger partial charge is 0.255 e. The second-order valence-corrected chi connectivity index (χ2v) is 9.14. The number of sulfonamides is 1. The Kier molecular flexibility index (Phi) is 5.04. The lowest BCUT2D eigenvalue weighted by molar-refractivity contribution is 0.0961. The summed E-state index contributed by atoms with van der Waals surface area (Å²) in [5.41, 5.74) is 0.194. The number of Topliss-reactive ketones (excluding diaryl/α,β-unsaturated/α-hetero) is 1. The molecule has 3 aromatic rings. The molecule has 0 aliphatic carbocycles. The fraction of sp³-hybridized carbons (Fsp3) is 0.238. The molecule has 31 heavy (non-hydrogen) atoms. The maximum Gasteiger partial charge on any atom is 0.255 e. The number of rotatable bonds is 3. The van der Waals surface area contributed by atoms with Crippen molar-refractivity contribution in [3.8, 4) is 11.3 Å². The van der Waals surface area contributed by atoms with Gasteiger partial charge in [-0.2, -0.15) is 0 Å². The van der Waals surface area contributed by atoms with Crippen molar-refractivity contribution in [1.82, 2.24) is 5.32 Å². The van der Waals surface area contributed by atoms with E-state index in [1.54, 1.807) is 0 Å². The average molecular weight is 448 g/mol. The first-order valence-corrected chi connectivity index (χ1v) is 11.3. The molecule has 4 rings (SSSR count). The van der Waals surface area contributed by atoms with Gasteiger partial charge in [0.05, 0.1) is 23.1 Å². The molecular formula is C21H18F2N2O5S. The van der Waals surface area contributed by atoms with Crippen LogP contribution >= 0.6 is 0 Å². The maximum absolute atomic E-state index is 14.5. The molecule has 0 fully saturated rings. The van der Waals surface area contributed by atoms with Crippen molar-refractivity contribution < 1.29 is 31.2 Å². The molecule has 162 valence electrons. The van der Waals surface area contributed by atoms with Crippen LogP contribution in [0.4, 0.5) is 14.5 Å². The van der Waals surface area contributed by atoms with Crippen LogP contribution in [-0.4, -0.2) is 40.0 Å². The van der Waals surface area contributed by atoms with Crippen molar-refractivity contribution in [2.24, 2.45) is 0 Å². The molecule has 0 saturated carbocycles. The molecule has 1 N–H and O–H groups in total. The van der Waals surface area contributed by atoms with Gasteiger partial charge in [-0.15, -0.1) is 0 Å². The third-order valence-corrected chi connectivity index (χ3v) is 6.35. The molecule has 1 aliphatic rings. The monoisotopic (exact) mass is 448 g/mol. The average Bonchev–Trinajstić information content (AvgIpc) is 2.97. The van der Waals surface area contributed by atoms with E-state index in [4.69, 9.17) is 4.42 Å². The Labute approximate surface area is 176 Å². The highest BCUT2D eigenvalue weighted by atomic mass is 32.2. The van der Waals surface area contributed by atoms with Crippen molar-refractivity contribution in [3.05, 3.63) is 53.1 Å². The van der Waals surface area contributed by atoms with E-state index >= 15 is 0 Å². The standard InChI is InChI=1S/C21H18F2N2O5S/c1-24-21(27)19-14-9-13-16(25(31(2,28)29)7-3-4-17(13)26)10-18(14)30-20(19)12-6-5-11(22)8-15(12)23/h5-6,8-10H,3-4,7H2,1-2H3,(H,24,27). The molecule has 10 heteroatoms. The number of hydrogen-bond acceptors (Lipinski definition) is 5. The van der Waals surface area contributed by atoms with Crippen molar-refractivity contribution in [2.45, 2.75) is 12.8 Å². The van der Waals surface area contributed by atoms with E-state index in [1.165, 1.54) is 19.2 Å². The zero-order chi connectivity index (χ0) is 22.5. The van der Waals surface area contributed by atoms with E-state index in [1.807, 2.05) is 0 Å². The molecule has 0 unspecified atom stereocenters. The second-order valence-electron chi connectivity index (χ2n) is 7.24. The molecule has 7 nitrogen and oxygen atoms in total. The molecule has 1 amide bonds. The first kappa shape index (κ1) is 21.0. The molecule has 0 saturated heterocycles. The molecule has 2 aromatic carbocycles. The Morgan fingerprint density at radius 1 is 1.16 bits per heavy atom. The molecule has 0 bridgehead atoms. The van der Waals surface area contributed by atoms with Gasteiger partial charge in [0.1, 0.15) is 17.2 Å². The first-order valence-electron chi connectivity index (χ1n) is 9.40. The van der Waals surface area contributed by atoms with Gasteiger partial charge in [0, 0.05) is 43.1 Å². The lowest BCUT2D eigenvalue weighted by Gasteiger charge is -2.21. The van der Waals surface area contributed by atoms with E-state index in [2.05, 4.69) is 5.32 Å². The van der Waals surface area contributed by atoms with Crippen LogP contribution in [0.3, 0.4) is 0 Å². The highest BCUT2D eigenvalue weighted by Gasteiger charge is 2.31. The van der Waals surface area contributed by atoms with Crippen LogP contribution in [0, 0.1) is 11.6 Å². The summed E-state index contributed by atoms with van der Waals surface area (Å²) in [6, 6.07) is 5.61. The summed E-state index contributed by atoms with van der Waals surface area (Å²) in [4.78, 5) is 25.3. The highest BCUT2D eigenvalue weighted by molar-refractivity contribution is 7.92. The summed E-state index contributed by atoms with van der Waals surface area (Å²) in [6.45, 7) is 0.117. The minimum atomic E-state index is -3.68. The number of anilines is 1. The summed E-state index contributed by atoms with van der Waals surface area (Å²) in [7, 11) is -2.30. The van der Waals surface area contributed by atoms with E-state index < -0.39 is 27.6 Å². The summed E-state index contributed by atoms with van der Waals surface area (Å²) in [5.74, 6) is -2.75. The fourth-order valence-corrected chi connectivity index (χ4v) is 4.73. The number of hydrogen-bond donors (Lipinski definition) is 1. The summed E-state index contributed by atoms with van der Waals surface area (Å²) >= 11 is 0. The van der Waals surface area contributed by atoms with Crippen LogP contribution < -0.4 is 9.62 Å². The predicted molar refractivity (Wildman–Crippen MR) is 111 cm³/mol. The van der Waals surface area contributed by atoms with Gasteiger partial charge >= 0.3 is 0 Å². The van der Waals surface area contributed by atoms with Crippen molar-refractivity contribution in [2.75, 3.05) is 24.2 Å². The van der Waals surface area contributed by atoms with E-state index in [-0.39, 0.29) is 57.9 Å². The molecule has 0 spiro atoms. The van der Waals surface area contributed by atoms with Gasteiger partial charge in [-0.05, 0) is 24.6 Å². The van der Waals surface area contributed by atoms with Gasteiger partial charge < -0.3 is 9.73 Å². The minimum Gasteiger partial charge on any atom is -0.455 e. The molecule has 0 atom stereocenters. The third kappa shape index (κ3) is 3.56. The van der Waals surface area contributed by atoms with E-state index in [0.29, 0.717) is 12.5 Å². The van der Waals surface area contributed by atoms with Crippen LogP contribution in [0.25, 0.3) is 22.3 Å². The number of benzene rings is 2. The maximum atomic E-state index is 14.5. The number of halogens is 2. The lowest BCUT2D eigenvalue weighted by Crippen LogP contribution is -2.30. The fourth-order valence-electron chi connectivity index (χ4n) is 3.76. The van der Waals surface area contributed by atoms with Gasteiger partial charge in [0.25, 0.3) is 5.91 Å². The van der Waals surface area contributed by atoms with Crippen LogP contribution in [0.5, 0.6) is 0 Å².